The first-order valence-electron chi connectivity index (χ1n) is 3.00. The molecule has 0 saturated heterocycles. The van der Waals surface area contributed by atoms with Crippen LogP contribution in [0.2, 0.25) is 6.55 Å². The molecule has 0 N–H and O–H groups in total. The van der Waals surface area contributed by atoms with Gasteiger partial charge in [0.05, 0.1) is 0 Å². The molecule has 1 atom stereocenters. The number of thiophene rings is 1. The van der Waals surface area contributed by atoms with Gasteiger partial charge in [0.1, 0.15) is 8.80 Å². The van der Waals surface area contributed by atoms with Crippen molar-refractivity contribution < 1.29 is 0 Å². The molecule has 9 heavy (non-hydrogen) atoms. The summed E-state index contributed by atoms with van der Waals surface area (Å²) >= 11 is 1.85. The summed E-state index contributed by atoms with van der Waals surface area (Å²) in [7, 11) is -0.708. The normalized spacial score (nSPS) is 13.0. The Morgan fingerprint density at radius 3 is 3.00 bits per heavy atom. The fraction of sp³-hybridized carbons (Fsp3) is 0.143. The van der Waals surface area contributed by atoms with Gasteiger partial charge in [-0.15, -0.1) is 6.58 Å². The first-order valence-corrected chi connectivity index (χ1v) is 6.28. The third kappa shape index (κ3) is 1.53. The average Bonchev–Trinajstić information content (AvgIpc) is 2.37. The minimum absolute atomic E-state index is 0.708. The molecule has 1 aromatic rings. The molecule has 0 aromatic carbocycles. The molecule has 0 aliphatic heterocycles. The molecule has 0 fully saturated rings. The lowest BCUT2D eigenvalue weighted by atomic mass is 10.7. The van der Waals surface area contributed by atoms with E-state index in [0.717, 1.165) is 0 Å². The lowest BCUT2D eigenvalue weighted by Gasteiger charge is -1.95. The van der Waals surface area contributed by atoms with Crippen LogP contribution in [-0.2, 0) is 0 Å². The van der Waals surface area contributed by atoms with E-state index in [1.54, 1.807) is 0 Å². The van der Waals surface area contributed by atoms with E-state index < -0.39 is 8.80 Å². The van der Waals surface area contributed by atoms with Gasteiger partial charge in [0.2, 0.25) is 0 Å². The highest BCUT2D eigenvalue weighted by Gasteiger charge is 2.00. The molecule has 48 valence electrons. The van der Waals surface area contributed by atoms with Gasteiger partial charge in [0.15, 0.2) is 0 Å². The highest BCUT2D eigenvalue weighted by Crippen LogP contribution is 1.96. The summed E-state index contributed by atoms with van der Waals surface area (Å²) in [6.45, 7) is 6.08. The minimum atomic E-state index is -0.708. The summed E-state index contributed by atoms with van der Waals surface area (Å²) in [5.74, 6) is 0. The van der Waals surface area contributed by atoms with E-state index in [4.69, 9.17) is 0 Å². The zero-order valence-corrected chi connectivity index (χ0v) is 7.47. The molecule has 0 radical (unpaired) electrons. The fourth-order valence-electron chi connectivity index (χ4n) is 0.667. The molecule has 1 heterocycles. The summed E-state index contributed by atoms with van der Waals surface area (Å²) in [5.41, 5.74) is 2.10. The summed E-state index contributed by atoms with van der Waals surface area (Å²) in [6.07, 6.45) is 0. The Morgan fingerprint density at radius 1 is 1.78 bits per heavy atom. The zero-order chi connectivity index (χ0) is 6.69. The van der Waals surface area contributed by atoms with E-state index in [1.807, 2.05) is 11.3 Å². The Morgan fingerprint density at radius 2 is 2.56 bits per heavy atom. The van der Waals surface area contributed by atoms with Crippen LogP contribution in [0.15, 0.2) is 29.8 Å². The number of rotatable bonds is 2. The predicted octanol–water partition coefficient (Wildman–Crippen LogP) is 1.54. The largest absolute Gasteiger partial charge is 0.154 e. The van der Waals surface area contributed by atoms with Crippen molar-refractivity contribution >= 4 is 24.6 Å². The van der Waals surface area contributed by atoms with Gasteiger partial charge in [0.25, 0.3) is 0 Å². The Labute approximate surface area is 61.5 Å². The second-order valence-corrected chi connectivity index (χ2v) is 6.11. The first-order chi connectivity index (χ1) is 4.34. The topological polar surface area (TPSA) is 0 Å². The molecule has 0 aliphatic rings. The van der Waals surface area contributed by atoms with Crippen molar-refractivity contribution in [1.29, 1.82) is 0 Å². The van der Waals surface area contributed by atoms with E-state index in [-0.39, 0.29) is 0 Å². The highest BCUT2D eigenvalue weighted by atomic mass is 32.1. The second kappa shape index (κ2) is 2.99. The minimum Gasteiger partial charge on any atom is -0.154 e. The van der Waals surface area contributed by atoms with Gasteiger partial charge in [-0.05, 0) is 9.88 Å². The van der Waals surface area contributed by atoms with E-state index >= 15 is 0 Å². The van der Waals surface area contributed by atoms with Gasteiger partial charge in [-0.25, -0.2) is 0 Å². The van der Waals surface area contributed by atoms with Gasteiger partial charge in [0, 0.05) is 0 Å². The van der Waals surface area contributed by atoms with Crippen molar-refractivity contribution in [1.82, 2.24) is 0 Å². The molecule has 0 saturated carbocycles. The third-order valence-corrected chi connectivity index (χ3v) is 5.37. The van der Waals surface area contributed by atoms with Gasteiger partial charge in [-0.3, -0.25) is 0 Å². The van der Waals surface area contributed by atoms with Crippen molar-refractivity contribution in [3.8, 4) is 0 Å². The van der Waals surface area contributed by atoms with Crippen molar-refractivity contribution in [3.05, 3.63) is 29.8 Å². The Balaban J connectivity index is 2.76. The average molecular weight is 154 g/mol. The van der Waals surface area contributed by atoms with Gasteiger partial charge < -0.3 is 0 Å². The van der Waals surface area contributed by atoms with Crippen LogP contribution in [0.1, 0.15) is 0 Å². The lowest BCUT2D eigenvalue weighted by molar-refractivity contribution is 2.02. The maximum atomic E-state index is 3.78. The second-order valence-electron chi connectivity index (χ2n) is 2.04. The van der Waals surface area contributed by atoms with E-state index in [9.17, 15) is 0 Å². The lowest BCUT2D eigenvalue weighted by Crippen LogP contribution is -2.19. The maximum Gasteiger partial charge on any atom is 0.103 e. The van der Waals surface area contributed by atoms with Gasteiger partial charge >= 0.3 is 0 Å². The van der Waals surface area contributed by atoms with Crippen LogP contribution in [0.25, 0.3) is 0 Å². The van der Waals surface area contributed by atoms with Gasteiger partial charge in [-0.2, -0.15) is 11.3 Å². The monoisotopic (exact) mass is 154 g/mol. The van der Waals surface area contributed by atoms with Crippen LogP contribution in [0.4, 0.5) is 0 Å². The molecule has 2 heteroatoms. The molecule has 0 amide bonds. The number of hydrogen-bond acceptors (Lipinski definition) is 1. The molecule has 0 spiro atoms. The van der Waals surface area contributed by atoms with Crippen LogP contribution in [0.5, 0.6) is 0 Å². The Bertz CT molecular complexity index is 179. The number of hydrogen-bond donors (Lipinski definition) is 0. The molecular formula is C7H10SSi. The maximum absolute atomic E-state index is 3.78. The molecule has 0 nitrogen and oxygen atoms in total. The summed E-state index contributed by atoms with van der Waals surface area (Å²) in [6, 6.07) is 4.30. The fourth-order valence-corrected chi connectivity index (χ4v) is 3.17. The standard InChI is InChI=1S/C7H10SSi/c1-3-9(2)7-5-4-6-8-7/h3-6,9H,1H2,2H3. The van der Waals surface area contributed by atoms with Crippen LogP contribution >= 0.6 is 11.3 Å². The van der Waals surface area contributed by atoms with Crippen LogP contribution < -0.4 is 4.50 Å². The summed E-state index contributed by atoms with van der Waals surface area (Å²) in [5, 5.41) is 2.13. The van der Waals surface area contributed by atoms with Gasteiger partial charge in [-0.1, -0.05) is 24.4 Å². The Kier molecular flexibility index (Phi) is 2.25. The zero-order valence-electron chi connectivity index (χ0n) is 5.50. The predicted molar refractivity (Wildman–Crippen MR) is 47.2 cm³/mol. The van der Waals surface area contributed by atoms with Crippen molar-refractivity contribution in [2.75, 3.05) is 0 Å². The quantitative estimate of drug-likeness (QED) is 0.567. The van der Waals surface area contributed by atoms with Crippen LogP contribution in [0.3, 0.4) is 0 Å². The third-order valence-electron chi connectivity index (χ3n) is 1.35. The smallest absolute Gasteiger partial charge is 0.103 e. The molecular weight excluding hydrogens is 144 g/mol. The SMILES string of the molecule is C=C[SiH](C)c1cccs1. The van der Waals surface area contributed by atoms with Crippen molar-refractivity contribution in [2.24, 2.45) is 0 Å². The van der Waals surface area contributed by atoms with E-state index in [1.165, 1.54) is 4.50 Å². The molecule has 1 unspecified atom stereocenters. The summed E-state index contributed by atoms with van der Waals surface area (Å²) < 4.78 is 1.53. The molecule has 0 bridgehead atoms. The van der Waals surface area contributed by atoms with E-state index in [0.29, 0.717) is 0 Å². The Hall–Kier alpha value is -0.343. The van der Waals surface area contributed by atoms with Crippen LogP contribution in [0, 0.1) is 0 Å². The first kappa shape index (κ1) is 6.77. The molecule has 1 aromatic heterocycles. The summed E-state index contributed by atoms with van der Waals surface area (Å²) in [4.78, 5) is 0. The van der Waals surface area contributed by atoms with Crippen molar-refractivity contribution in [3.63, 3.8) is 0 Å². The van der Waals surface area contributed by atoms with Crippen molar-refractivity contribution in [2.45, 2.75) is 6.55 Å². The highest BCUT2D eigenvalue weighted by molar-refractivity contribution is 7.22. The van der Waals surface area contributed by atoms with E-state index in [2.05, 4.69) is 36.3 Å². The molecule has 0 aliphatic carbocycles. The van der Waals surface area contributed by atoms with Crippen LogP contribution in [-0.4, -0.2) is 8.80 Å². The molecule has 1 rings (SSSR count).